The maximum Gasteiger partial charge on any atom is 0.346 e. The van der Waals surface area contributed by atoms with Crippen molar-refractivity contribution in [1.29, 1.82) is 0 Å². The second kappa shape index (κ2) is 7.97. The Balaban J connectivity index is 1.40. The van der Waals surface area contributed by atoms with Crippen LogP contribution in [0.25, 0.3) is 22.3 Å². The largest absolute Gasteiger partial charge is 0.346 e. The molecule has 0 bridgehead atoms. The number of urea groups is 1. The van der Waals surface area contributed by atoms with Crippen LogP contribution in [0.15, 0.2) is 71.7 Å². The average Bonchev–Trinajstić information content (AvgIpc) is 3.03. The van der Waals surface area contributed by atoms with Crippen LogP contribution in [-0.2, 0) is 13.6 Å². The van der Waals surface area contributed by atoms with Gasteiger partial charge in [0.2, 0.25) is 0 Å². The number of hydrogen-bond donors (Lipinski definition) is 2. The summed E-state index contributed by atoms with van der Waals surface area (Å²) in [6.45, 7) is 0.512. The molecule has 0 atom stereocenters. The van der Waals surface area contributed by atoms with Crippen molar-refractivity contribution >= 4 is 22.5 Å². The highest BCUT2D eigenvalue weighted by molar-refractivity contribution is 6.01. The van der Waals surface area contributed by atoms with Crippen LogP contribution in [0.2, 0.25) is 0 Å². The molecule has 0 unspecified atom stereocenters. The first-order valence-corrected chi connectivity index (χ1v) is 9.21. The van der Waals surface area contributed by atoms with Gasteiger partial charge in [0, 0.05) is 25.2 Å². The number of carbonyl (C=O) groups excluding carboxylic acids is 1. The number of aromatic nitrogens is 4. The first-order chi connectivity index (χ1) is 14.1. The van der Waals surface area contributed by atoms with Crippen molar-refractivity contribution in [2.75, 3.05) is 11.9 Å². The summed E-state index contributed by atoms with van der Waals surface area (Å²) in [5, 5.41) is 12.0. The van der Waals surface area contributed by atoms with Crippen molar-refractivity contribution in [2.24, 2.45) is 7.05 Å². The summed E-state index contributed by atoms with van der Waals surface area (Å²) in [5.74, 6) is 0.482. The van der Waals surface area contributed by atoms with Crippen molar-refractivity contribution in [3.63, 3.8) is 0 Å². The van der Waals surface area contributed by atoms with Gasteiger partial charge in [-0.05, 0) is 23.6 Å². The molecule has 0 spiro atoms. The van der Waals surface area contributed by atoms with Gasteiger partial charge in [-0.3, -0.25) is 9.55 Å². The topological polar surface area (TPSA) is 93.8 Å². The number of benzene rings is 2. The van der Waals surface area contributed by atoms with Gasteiger partial charge in [-0.15, -0.1) is 5.10 Å². The molecule has 0 saturated heterocycles. The molecule has 0 aliphatic rings. The molecule has 146 valence electrons. The van der Waals surface area contributed by atoms with Crippen LogP contribution in [0.4, 0.5) is 10.5 Å². The molecule has 2 amide bonds. The van der Waals surface area contributed by atoms with E-state index in [4.69, 9.17) is 0 Å². The molecule has 4 aromatic rings. The fourth-order valence-electron chi connectivity index (χ4n) is 3.13. The lowest BCUT2D eigenvalue weighted by Gasteiger charge is -2.10. The highest BCUT2D eigenvalue weighted by Gasteiger charge is 2.13. The minimum Gasteiger partial charge on any atom is -0.336 e. The summed E-state index contributed by atoms with van der Waals surface area (Å²) in [5.41, 5.74) is 1.09. The van der Waals surface area contributed by atoms with Crippen LogP contribution < -0.4 is 16.3 Å². The first-order valence-electron chi connectivity index (χ1n) is 9.21. The van der Waals surface area contributed by atoms with E-state index < -0.39 is 0 Å². The summed E-state index contributed by atoms with van der Waals surface area (Å²) in [6.07, 6.45) is 1.65. The Morgan fingerprint density at radius 2 is 1.83 bits per heavy atom. The molecule has 2 aromatic heterocycles. The van der Waals surface area contributed by atoms with E-state index in [1.165, 1.54) is 9.25 Å². The molecule has 8 nitrogen and oxygen atoms in total. The summed E-state index contributed by atoms with van der Waals surface area (Å²) in [6, 6.07) is 18.7. The Morgan fingerprint density at radius 3 is 2.66 bits per heavy atom. The van der Waals surface area contributed by atoms with E-state index in [0.29, 0.717) is 11.5 Å². The number of nitrogens with one attached hydrogen (secondary N) is 2. The standard InChI is InChI=1S/C21H20N6O2/c1-26-19(18-10-4-5-12-22-18)25-27(21(26)29)14-13-23-20(28)24-17-11-6-8-15-7-2-3-9-16(15)17/h2-12H,13-14H2,1H3,(H2,23,24,28). The zero-order valence-corrected chi connectivity index (χ0v) is 15.9. The van der Waals surface area contributed by atoms with Crippen LogP contribution in [0.3, 0.4) is 0 Å². The molecule has 29 heavy (non-hydrogen) atoms. The van der Waals surface area contributed by atoms with Crippen molar-refractivity contribution in [3.8, 4) is 11.5 Å². The third kappa shape index (κ3) is 3.86. The number of pyridine rings is 1. The van der Waals surface area contributed by atoms with Crippen LogP contribution in [0, 0.1) is 0 Å². The number of amides is 2. The monoisotopic (exact) mass is 388 g/mol. The van der Waals surface area contributed by atoms with Gasteiger partial charge < -0.3 is 10.6 Å². The SMILES string of the molecule is Cn1c(-c2ccccn2)nn(CCNC(=O)Nc2cccc3ccccc23)c1=O. The lowest BCUT2D eigenvalue weighted by atomic mass is 10.1. The van der Waals surface area contributed by atoms with Crippen molar-refractivity contribution < 1.29 is 4.79 Å². The molecule has 8 heteroatoms. The molecular weight excluding hydrogens is 368 g/mol. The molecule has 0 radical (unpaired) electrons. The van der Waals surface area contributed by atoms with E-state index in [9.17, 15) is 9.59 Å². The lowest BCUT2D eigenvalue weighted by Crippen LogP contribution is -2.34. The lowest BCUT2D eigenvalue weighted by molar-refractivity contribution is 0.251. The maximum absolute atomic E-state index is 12.4. The third-order valence-electron chi connectivity index (χ3n) is 4.58. The van der Waals surface area contributed by atoms with Gasteiger partial charge in [0.05, 0.1) is 12.2 Å². The fraction of sp³-hybridized carbons (Fsp3) is 0.143. The highest BCUT2D eigenvalue weighted by atomic mass is 16.2. The molecule has 2 aromatic carbocycles. The van der Waals surface area contributed by atoms with E-state index in [2.05, 4.69) is 20.7 Å². The molecular formula is C21H20N6O2. The van der Waals surface area contributed by atoms with Crippen LogP contribution in [0.1, 0.15) is 0 Å². The molecule has 0 aliphatic carbocycles. The molecule has 2 N–H and O–H groups in total. The summed E-state index contributed by atoms with van der Waals surface area (Å²) in [7, 11) is 1.65. The van der Waals surface area contributed by atoms with Gasteiger partial charge in [-0.1, -0.05) is 42.5 Å². The van der Waals surface area contributed by atoms with Gasteiger partial charge in [-0.2, -0.15) is 0 Å². The number of anilines is 1. The molecule has 0 fully saturated rings. The Bertz CT molecular complexity index is 1210. The van der Waals surface area contributed by atoms with Gasteiger partial charge in [0.1, 0.15) is 5.69 Å². The molecule has 4 rings (SSSR count). The zero-order valence-electron chi connectivity index (χ0n) is 15.9. The van der Waals surface area contributed by atoms with Gasteiger partial charge in [0.25, 0.3) is 0 Å². The van der Waals surface area contributed by atoms with Crippen molar-refractivity contribution in [2.45, 2.75) is 6.54 Å². The fourth-order valence-corrected chi connectivity index (χ4v) is 3.13. The van der Waals surface area contributed by atoms with Crippen LogP contribution in [-0.4, -0.2) is 31.9 Å². The highest BCUT2D eigenvalue weighted by Crippen LogP contribution is 2.22. The Morgan fingerprint density at radius 1 is 1.03 bits per heavy atom. The zero-order chi connectivity index (χ0) is 20.2. The molecule has 0 aliphatic heterocycles. The number of rotatable bonds is 5. The maximum atomic E-state index is 12.4. The number of nitrogens with zero attached hydrogens (tertiary/aromatic N) is 4. The van der Waals surface area contributed by atoms with Gasteiger partial charge in [-0.25, -0.2) is 14.3 Å². The normalized spacial score (nSPS) is 10.8. The second-order valence-corrected chi connectivity index (χ2v) is 6.51. The van der Waals surface area contributed by atoms with Crippen molar-refractivity contribution in [3.05, 3.63) is 77.3 Å². The Hall–Kier alpha value is -3.94. The minimum absolute atomic E-state index is 0.252. The summed E-state index contributed by atoms with van der Waals surface area (Å²) in [4.78, 5) is 28.9. The minimum atomic E-state index is -0.338. The van der Waals surface area contributed by atoms with E-state index in [-0.39, 0.29) is 24.8 Å². The Labute approximate surface area is 166 Å². The Kier molecular flexibility index (Phi) is 5.07. The van der Waals surface area contributed by atoms with E-state index >= 15 is 0 Å². The summed E-state index contributed by atoms with van der Waals surface area (Å²) < 4.78 is 2.76. The number of carbonyl (C=O) groups is 1. The van der Waals surface area contributed by atoms with Gasteiger partial charge >= 0.3 is 11.7 Å². The third-order valence-corrected chi connectivity index (χ3v) is 4.58. The van der Waals surface area contributed by atoms with Gasteiger partial charge in [0.15, 0.2) is 5.82 Å². The second-order valence-electron chi connectivity index (χ2n) is 6.51. The van der Waals surface area contributed by atoms with E-state index in [1.807, 2.05) is 48.5 Å². The van der Waals surface area contributed by atoms with E-state index in [0.717, 1.165) is 16.5 Å². The quantitative estimate of drug-likeness (QED) is 0.550. The summed E-state index contributed by atoms with van der Waals surface area (Å²) >= 11 is 0. The van der Waals surface area contributed by atoms with Crippen LogP contribution in [0.5, 0.6) is 0 Å². The molecule has 0 saturated carbocycles. The first kappa shape index (κ1) is 18.4. The van der Waals surface area contributed by atoms with E-state index in [1.54, 1.807) is 25.4 Å². The van der Waals surface area contributed by atoms with Crippen LogP contribution >= 0.6 is 0 Å². The molecule has 2 heterocycles. The smallest absolute Gasteiger partial charge is 0.336 e. The number of fused-ring (bicyclic) bond motifs is 1. The predicted molar refractivity (Wildman–Crippen MR) is 112 cm³/mol. The number of hydrogen-bond acceptors (Lipinski definition) is 4. The predicted octanol–water partition coefficient (Wildman–Crippen LogP) is 2.62. The average molecular weight is 388 g/mol. The van der Waals surface area contributed by atoms with Crippen molar-refractivity contribution in [1.82, 2.24) is 24.6 Å².